The van der Waals surface area contributed by atoms with Crippen molar-refractivity contribution in [3.05, 3.63) is 71.8 Å². The number of rotatable bonds is 4. The van der Waals surface area contributed by atoms with Gasteiger partial charge in [-0.15, -0.1) is 0 Å². The zero-order chi connectivity index (χ0) is 19.7. The Hall–Kier alpha value is -2.17. The van der Waals surface area contributed by atoms with Crippen LogP contribution in [-0.2, 0) is 16.1 Å². The lowest BCUT2D eigenvalue weighted by Crippen LogP contribution is -2.58. The van der Waals surface area contributed by atoms with E-state index in [0.29, 0.717) is 11.8 Å². The topological polar surface area (TPSA) is 32.8 Å². The maximum Gasteiger partial charge on any atom is 0.225 e. The molecular weight excluding hydrogens is 360 g/mol. The molecule has 2 aromatic carbocycles. The number of nitrogens with zero attached hydrogens (tertiary/aromatic N) is 2. The highest BCUT2D eigenvalue weighted by Gasteiger charge is 2.45. The molecule has 3 aliphatic rings. The lowest BCUT2D eigenvalue weighted by Gasteiger charge is -2.50. The van der Waals surface area contributed by atoms with Crippen molar-refractivity contribution in [2.45, 2.75) is 43.9 Å². The van der Waals surface area contributed by atoms with E-state index >= 15 is 0 Å². The molecule has 0 bridgehead atoms. The Morgan fingerprint density at radius 3 is 2.28 bits per heavy atom. The predicted octanol–water partition coefficient (Wildman–Crippen LogP) is 4.03. The minimum Gasteiger partial charge on any atom is -0.364 e. The number of benzene rings is 2. The predicted molar refractivity (Wildman–Crippen MR) is 113 cm³/mol. The monoisotopic (exact) mass is 390 g/mol. The number of ether oxygens (including phenoxy) is 1. The number of likely N-dealkylation sites (tertiary alicyclic amines) is 1. The highest BCUT2D eigenvalue weighted by atomic mass is 16.5. The van der Waals surface area contributed by atoms with Crippen molar-refractivity contribution in [3.63, 3.8) is 0 Å². The van der Waals surface area contributed by atoms with Crippen LogP contribution in [0.3, 0.4) is 0 Å². The Morgan fingerprint density at radius 2 is 1.62 bits per heavy atom. The van der Waals surface area contributed by atoms with Gasteiger partial charge in [0.05, 0.1) is 11.7 Å². The molecule has 29 heavy (non-hydrogen) atoms. The number of hydrogen-bond acceptors (Lipinski definition) is 3. The fourth-order valence-electron chi connectivity index (χ4n) is 4.89. The van der Waals surface area contributed by atoms with Gasteiger partial charge in [0.2, 0.25) is 5.91 Å². The number of carbonyl (C=O) groups is 1. The number of carbonyl (C=O) groups excluding carboxylic acids is 1. The zero-order valence-electron chi connectivity index (χ0n) is 17.0. The third kappa shape index (κ3) is 4.24. The van der Waals surface area contributed by atoms with Crippen molar-refractivity contribution >= 4 is 5.91 Å². The summed E-state index contributed by atoms with van der Waals surface area (Å²) in [4.78, 5) is 17.1. The van der Waals surface area contributed by atoms with Gasteiger partial charge in [0, 0.05) is 38.6 Å². The molecule has 3 fully saturated rings. The van der Waals surface area contributed by atoms with E-state index in [1.807, 2.05) is 0 Å². The van der Waals surface area contributed by atoms with Crippen LogP contribution < -0.4 is 0 Å². The summed E-state index contributed by atoms with van der Waals surface area (Å²) >= 11 is 0. The second-order valence-corrected chi connectivity index (χ2v) is 8.95. The van der Waals surface area contributed by atoms with Gasteiger partial charge >= 0.3 is 0 Å². The molecule has 1 saturated carbocycles. The van der Waals surface area contributed by atoms with Gasteiger partial charge < -0.3 is 9.64 Å². The first-order valence-electron chi connectivity index (χ1n) is 11.0. The van der Waals surface area contributed by atoms with Crippen molar-refractivity contribution < 1.29 is 9.53 Å². The molecule has 1 spiro atoms. The molecule has 4 heteroatoms. The maximum absolute atomic E-state index is 12.5. The van der Waals surface area contributed by atoms with Crippen LogP contribution >= 0.6 is 0 Å². The second kappa shape index (κ2) is 7.92. The molecule has 1 aliphatic carbocycles. The van der Waals surface area contributed by atoms with E-state index in [4.69, 9.17) is 4.74 Å². The van der Waals surface area contributed by atoms with Crippen molar-refractivity contribution in [1.29, 1.82) is 0 Å². The number of piperidine rings is 1. The van der Waals surface area contributed by atoms with Gasteiger partial charge in [-0.25, -0.2) is 0 Å². The minimum absolute atomic E-state index is 0.0827. The summed E-state index contributed by atoms with van der Waals surface area (Å²) in [6, 6.07) is 21.3. The number of hydrogen-bond donors (Lipinski definition) is 0. The Labute approximate surface area is 173 Å². The van der Waals surface area contributed by atoms with Gasteiger partial charge in [-0.05, 0) is 36.8 Å². The quantitative estimate of drug-likeness (QED) is 0.790. The summed E-state index contributed by atoms with van der Waals surface area (Å²) in [5, 5.41) is 0. The van der Waals surface area contributed by atoms with Crippen LogP contribution in [0.15, 0.2) is 60.7 Å². The van der Waals surface area contributed by atoms with Crippen molar-refractivity contribution in [3.8, 4) is 0 Å². The fraction of sp³-hybridized carbons (Fsp3) is 0.480. The van der Waals surface area contributed by atoms with Gasteiger partial charge in [-0.3, -0.25) is 9.69 Å². The third-order valence-corrected chi connectivity index (χ3v) is 6.66. The van der Waals surface area contributed by atoms with Gasteiger partial charge in [0.15, 0.2) is 0 Å². The second-order valence-electron chi connectivity index (χ2n) is 8.95. The summed E-state index contributed by atoms with van der Waals surface area (Å²) in [5.41, 5.74) is 2.44. The molecule has 1 amide bonds. The fourth-order valence-corrected chi connectivity index (χ4v) is 4.89. The Bertz CT molecular complexity index is 826. The Balaban J connectivity index is 1.33. The average molecular weight is 391 g/mol. The highest BCUT2D eigenvalue weighted by molar-refractivity contribution is 5.81. The average Bonchev–Trinajstić information content (AvgIpc) is 3.60. The Kier molecular flexibility index (Phi) is 5.15. The van der Waals surface area contributed by atoms with E-state index in [1.54, 1.807) is 0 Å². The summed E-state index contributed by atoms with van der Waals surface area (Å²) in [6.07, 6.45) is 4.11. The van der Waals surface area contributed by atoms with E-state index in [9.17, 15) is 4.79 Å². The first kappa shape index (κ1) is 18.8. The van der Waals surface area contributed by atoms with Gasteiger partial charge in [-0.1, -0.05) is 60.7 Å². The maximum atomic E-state index is 12.5. The van der Waals surface area contributed by atoms with Gasteiger partial charge in [0.25, 0.3) is 0 Å². The third-order valence-electron chi connectivity index (χ3n) is 6.66. The minimum atomic E-state index is -0.159. The summed E-state index contributed by atoms with van der Waals surface area (Å²) in [5.74, 6) is 0.680. The van der Waals surface area contributed by atoms with Gasteiger partial charge in [-0.2, -0.15) is 0 Å². The standard InChI is InChI=1S/C25H30N2O2/c28-24(22-11-12-22)27-15-13-25(14-16-27)19-26(17-20-7-3-1-4-8-20)18-23(29-25)21-9-5-2-6-10-21/h1-10,22-23H,11-19H2. The van der Waals surface area contributed by atoms with Crippen LogP contribution in [0.5, 0.6) is 0 Å². The van der Waals surface area contributed by atoms with Crippen molar-refractivity contribution in [1.82, 2.24) is 9.80 Å². The summed E-state index contributed by atoms with van der Waals surface area (Å²) in [7, 11) is 0. The molecule has 2 aromatic rings. The molecule has 0 aromatic heterocycles. The largest absolute Gasteiger partial charge is 0.364 e. The Morgan fingerprint density at radius 1 is 0.966 bits per heavy atom. The normalized spacial score (nSPS) is 24.6. The lowest BCUT2D eigenvalue weighted by molar-refractivity contribution is -0.182. The van der Waals surface area contributed by atoms with Crippen LogP contribution in [0.25, 0.3) is 0 Å². The van der Waals surface area contributed by atoms with Crippen LogP contribution in [0, 0.1) is 5.92 Å². The van der Waals surface area contributed by atoms with Crippen molar-refractivity contribution in [2.24, 2.45) is 5.92 Å². The first-order valence-corrected chi connectivity index (χ1v) is 11.0. The molecule has 1 unspecified atom stereocenters. The molecular formula is C25H30N2O2. The van der Waals surface area contributed by atoms with Crippen LogP contribution in [0.4, 0.5) is 0 Å². The smallest absolute Gasteiger partial charge is 0.225 e. The SMILES string of the molecule is O=C(C1CC1)N1CCC2(CC1)CN(Cc1ccccc1)CC(c1ccccc1)O2. The van der Waals surface area contributed by atoms with E-state index in [-0.39, 0.29) is 11.7 Å². The zero-order valence-corrected chi connectivity index (χ0v) is 17.0. The molecule has 0 radical (unpaired) electrons. The van der Waals surface area contributed by atoms with E-state index in [2.05, 4.69) is 70.5 Å². The first-order chi connectivity index (χ1) is 14.2. The molecule has 2 saturated heterocycles. The molecule has 5 rings (SSSR count). The summed E-state index contributed by atoms with van der Waals surface area (Å²) in [6.45, 7) is 4.45. The molecule has 2 heterocycles. The molecule has 4 nitrogen and oxygen atoms in total. The number of morpholine rings is 1. The van der Waals surface area contributed by atoms with Crippen molar-refractivity contribution in [2.75, 3.05) is 26.2 Å². The highest BCUT2D eigenvalue weighted by Crippen LogP contribution is 2.39. The van der Waals surface area contributed by atoms with E-state index < -0.39 is 0 Å². The molecule has 2 aliphatic heterocycles. The van der Waals surface area contributed by atoms with Crippen LogP contribution in [0.2, 0.25) is 0 Å². The van der Waals surface area contributed by atoms with Crippen LogP contribution in [0.1, 0.15) is 42.9 Å². The van der Waals surface area contributed by atoms with E-state index in [1.165, 1.54) is 11.1 Å². The van der Waals surface area contributed by atoms with E-state index in [0.717, 1.165) is 58.4 Å². The van der Waals surface area contributed by atoms with Crippen LogP contribution in [-0.4, -0.2) is 47.5 Å². The molecule has 152 valence electrons. The lowest BCUT2D eigenvalue weighted by atomic mass is 9.87. The number of amides is 1. The molecule has 1 atom stereocenters. The summed E-state index contributed by atoms with van der Waals surface area (Å²) < 4.78 is 6.79. The van der Waals surface area contributed by atoms with Gasteiger partial charge in [0.1, 0.15) is 0 Å². The molecule has 0 N–H and O–H groups in total.